The molecule has 0 saturated heterocycles. The van der Waals surface area contributed by atoms with Crippen molar-refractivity contribution >= 4 is 29.5 Å². The Hall–Kier alpha value is 0.310. The Bertz CT molecular complexity index is 106. The summed E-state index contributed by atoms with van der Waals surface area (Å²) in [6, 6.07) is 0. The number of hydrogen-bond acceptors (Lipinski definition) is 2. The third-order valence-corrected chi connectivity index (χ3v) is 1.35. The number of thiol groups is 1. The van der Waals surface area contributed by atoms with Gasteiger partial charge in [-0.15, -0.1) is 0 Å². The van der Waals surface area contributed by atoms with Gasteiger partial charge in [0.25, 0.3) is 0 Å². The zero-order valence-electron chi connectivity index (χ0n) is 5.65. The van der Waals surface area contributed by atoms with Gasteiger partial charge in [-0.25, -0.2) is 0 Å². The molecule has 0 amide bonds. The molecular formula is C6H11ClOS. The van der Waals surface area contributed by atoms with E-state index in [9.17, 15) is 4.79 Å². The van der Waals surface area contributed by atoms with Gasteiger partial charge in [0.2, 0.25) is 5.24 Å². The molecule has 0 atom stereocenters. The van der Waals surface area contributed by atoms with Crippen LogP contribution in [-0.4, -0.2) is 9.99 Å². The number of carbonyl (C=O) groups is 1. The van der Waals surface area contributed by atoms with E-state index in [1.807, 2.05) is 13.8 Å². The maximum Gasteiger partial charge on any atom is 0.221 e. The van der Waals surface area contributed by atoms with Crippen LogP contribution in [0.4, 0.5) is 0 Å². The molecule has 0 rings (SSSR count). The standard InChI is InChI=1S/C6H11ClOS/c1-6(2,9)4-3-5(7)8/h9H,3-4H2,1-2H3. The highest BCUT2D eigenvalue weighted by molar-refractivity contribution is 7.81. The first-order valence-corrected chi connectivity index (χ1v) is 3.65. The van der Waals surface area contributed by atoms with Crippen molar-refractivity contribution in [1.82, 2.24) is 0 Å². The molecule has 0 heterocycles. The first kappa shape index (κ1) is 9.31. The predicted octanol–water partition coefficient (Wildman–Crippen LogP) is 2.24. The van der Waals surface area contributed by atoms with Crippen LogP contribution in [-0.2, 0) is 4.79 Å². The summed E-state index contributed by atoms with van der Waals surface area (Å²) in [7, 11) is 0. The van der Waals surface area contributed by atoms with E-state index in [0.29, 0.717) is 6.42 Å². The van der Waals surface area contributed by atoms with Crippen molar-refractivity contribution in [3.05, 3.63) is 0 Å². The van der Waals surface area contributed by atoms with Gasteiger partial charge in [0.15, 0.2) is 0 Å². The third-order valence-electron chi connectivity index (χ3n) is 0.933. The quantitative estimate of drug-likeness (QED) is 0.503. The minimum atomic E-state index is -0.280. The molecule has 0 N–H and O–H groups in total. The third kappa shape index (κ3) is 8.31. The van der Waals surface area contributed by atoms with E-state index < -0.39 is 0 Å². The molecule has 0 saturated carbocycles. The molecule has 0 aromatic rings. The summed E-state index contributed by atoms with van der Waals surface area (Å²) in [6.07, 6.45) is 1.15. The minimum Gasteiger partial charge on any atom is -0.281 e. The van der Waals surface area contributed by atoms with E-state index in [1.54, 1.807) is 0 Å². The zero-order chi connectivity index (χ0) is 7.49. The van der Waals surface area contributed by atoms with Gasteiger partial charge in [0.1, 0.15) is 0 Å². The van der Waals surface area contributed by atoms with Crippen LogP contribution < -0.4 is 0 Å². The molecule has 54 valence electrons. The summed E-state index contributed by atoms with van der Waals surface area (Å²) < 4.78 is -0.0788. The van der Waals surface area contributed by atoms with E-state index in [-0.39, 0.29) is 9.99 Å². The maximum atomic E-state index is 10.2. The number of halogens is 1. The molecule has 0 aromatic heterocycles. The molecule has 0 unspecified atom stereocenters. The van der Waals surface area contributed by atoms with Crippen molar-refractivity contribution in [2.24, 2.45) is 0 Å². The maximum absolute atomic E-state index is 10.2. The van der Waals surface area contributed by atoms with Crippen LogP contribution in [0.3, 0.4) is 0 Å². The van der Waals surface area contributed by atoms with Crippen LogP contribution in [0, 0.1) is 0 Å². The van der Waals surface area contributed by atoms with E-state index in [2.05, 4.69) is 12.6 Å². The van der Waals surface area contributed by atoms with E-state index in [4.69, 9.17) is 11.6 Å². The number of rotatable bonds is 3. The fraction of sp³-hybridized carbons (Fsp3) is 0.833. The van der Waals surface area contributed by atoms with Gasteiger partial charge >= 0.3 is 0 Å². The Morgan fingerprint density at radius 1 is 1.67 bits per heavy atom. The lowest BCUT2D eigenvalue weighted by Gasteiger charge is -2.14. The second kappa shape index (κ2) is 3.47. The zero-order valence-corrected chi connectivity index (χ0v) is 7.30. The number of hydrogen-bond donors (Lipinski definition) is 1. The number of carbonyl (C=O) groups excluding carboxylic acids is 1. The Morgan fingerprint density at radius 3 is 2.22 bits per heavy atom. The van der Waals surface area contributed by atoms with Gasteiger partial charge in [-0.1, -0.05) is 13.8 Å². The summed E-state index contributed by atoms with van der Waals surface area (Å²) in [5.41, 5.74) is 0. The van der Waals surface area contributed by atoms with Crippen molar-refractivity contribution in [2.75, 3.05) is 0 Å². The molecule has 0 aliphatic carbocycles. The molecule has 9 heavy (non-hydrogen) atoms. The predicted molar refractivity (Wildman–Crippen MR) is 43.2 cm³/mol. The van der Waals surface area contributed by atoms with E-state index in [0.717, 1.165) is 6.42 Å². The summed E-state index contributed by atoms with van der Waals surface area (Å²) in [5.74, 6) is 0. The molecule has 0 bridgehead atoms. The SMILES string of the molecule is CC(C)(S)CCC(=O)Cl. The Labute approximate surface area is 66.2 Å². The lowest BCUT2D eigenvalue weighted by atomic mass is 10.1. The molecular weight excluding hydrogens is 156 g/mol. The molecule has 1 nitrogen and oxygen atoms in total. The Kier molecular flexibility index (Phi) is 3.59. The van der Waals surface area contributed by atoms with Crippen LogP contribution in [0.2, 0.25) is 0 Å². The average molecular weight is 167 g/mol. The van der Waals surface area contributed by atoms with Crippen molar-refractivity contribution < 1.29 is 4.79 Å². The van der Waals surface area contributed by atoms with Gasteiger partial charge in [0.05, 0.1) is 0 Å². The first-order chi connectivity index (χ1) is 3.92. The summed E-state index contributed by atoms with van der Waals surface area (Å²) >= 11 is 9.33. The highest BCUT2D eigenvalue weighted by Crippen LogP contribution is 2.19. The monoisotopic (exact) mass is 166 g/mol. The summed E-state index contributed by atoms with van der Waals surface area (Å²) in [5, 5.41) is -0.280. The van der Waals surface area contributed by atoms with Gasteiger partial charge in [-0.05, 0) is 18.0 Å². The Balaban J connectivity index is 3.39. The molecule has 0 aliphatic rings. The van der Waals surface area contributed by atoms with E-state index in [1.165, 1.54) is 0 Å². The highest BCUT2D eigenvalue weighted by atomic mass is 35.5. The molecule has 0 aromatic carbocycles. The lowest BCUT2D eigenvalue weighted by molar-refractivity contribution is -0.111. The van der Waals surface area contributed by atoms with Gasteiger partial charge in [-0.3, -0.25) is 4.79 Å². The minimum absolute atomic E-state index is 0.0788. The van der Waals surface area contributed by atoms with Crippen molar-refractivity contribution in [3.8, 4) is 0 Å². The second-order valence-electron chi connectivity index (χ2n) is 2.67. The summed E-state index contributed by atoms with van der Waals surface area (Å²) in [6.45, 7) is 3.91. The average Bonchev–Trinajstić information content (AvgIpc) is 1.59. The molecule has 0 aliphatic heterocycles. The molecule has 0 spiro atoms. The lowest BCUT2D eigenvalue weighted by Crippen LogP contribution is -2.10. The molecule has 0 radical (unpaired) electrons. The van der Waals surface area contributed by atoms with Crippen LogP contribution in [0.25, 0.3) is 0 Å². The van der Waals surface area contributed by atoms with Crippen LogP contribution >= 0.6 is 24.2 Å². The van der Waals surface area contributed by atoms with E-state index >= 15 is 0 Å². The topological polar surface area (TPSA) is 17.1 Å². The van der Waals surface area contributed by atoms with Gasteiger partial charge < -0.3 is 0 Å². The van der Waals surface area contributed by atoms with Crippen LogP contribution in [0.15, 0.2) is 0 Å². The Morgan fingerprint density at radius 2 is 2.11 bits per heavy atom. The van der Waals surface area contributed by atoms with Crippen molar-refractivity contribution in [2.45, 2.75) is 31.4 Å². The van der Waals surface area contributed by atoms with Crippen LogP contribution in [0.5, 0.6) is 0 Å². The van der Waals surface area contributed by atoms with Crippen molar-refractivity contribution in [1.29, 1.82) is 0 Å². The molecule has 0 fully saturated rings. The second-order valence-corrected chi connectivity index (χ2v) is 4.30. The summed E-state index contributed by atoms with van der Waals surface area (Å²) in [4.78, 5) is 10.2. The fourth-order valence-electron chi connectivity index (χ4n) is 0.404. The molecule has 3 heteroatoms. The fourth-order valence-corrected chi connectivity index (χ4v) is 0.610. The smallest absolute Gasteiger partial charge is 0.221 e. The van der Waals surface area contributed by atoms with Crippen LogP contribution in [0.1, 0.15) is 26.7 Å². The first-order valence-electron chi connectivity index (χ1n) is 2.82. The van der Waals surface area contributed by atoms with Crippen molar-refractivity contribution in [3.63, 3.8) is 0 Å². The van der Waals surface area contributed by atoms with Gasteiger partial charge in [-0.2, -0.15) is 12.6 Å². The highest BCUT2D eigenvalue weighted by Gasteiger charge is 2.11. The largest absolute Gasteiger partial charge is 0.281 e. The van der Waals surface area contributed by atoms with Gasteiger partial charge in [0, 0.05) is 11.2 Å². The normalized spacial score (nSPS) is 11.6.